The molecule has 0 aliphatic heterocycles. The van der Waals surface area contributed by atoms with Crippen molar-refractivity contribution in [2.45, 2.75) is 0 Å². The van der Waals surface area contributed by atoms with Crippen LogP contribution in [0.2, 0.25) is 0 Å². The quantitative estimate of drug-likeness (QED) is 0.360. The molecule has 1 rings (SSSR count). The Morgan fingerprint density at radius 1 is 1.00 bits per heavy atom. The zero-order chi connectivity index (χ0) is 13.2. The summed E-state index contributed by atoms with van der Waals surface area (Å²) in [5.41, 5.74) is -1.17. The van der Waals surface area contributed by atoms with Gasteiger partial charge >= 0.3 is 0 Å². The van der Waals surface area contributed by atoms with Crippen LogP contribution in [0.1, 0.15) is 5.56 Å². The van der Waals surface area contributed by atoms with Crippen molar-refractivity contribution in [1.82, 2.24) is 0 Å². The lowest BCUT2D eigenvalue weighted by Gasteiger charge is -2.07. The standard InChI is InChI=1S/C9H2F5NS2/c10-4-3(9(16)17-2-1-15)5(11)7(13)8(14)6(4)12/h2H2. The summed E-state index contributed by atoms with van der Waals surface area (Å²) in [5.74, 6) is -10.6. The minimum atomic E-state index is -2.24. The van der Waals surface area contributed by atoms with Crippen molar-refractivity contribution >= 4 is 28.2 Å². The van der Waals surface area contributed by atoms with Crippen LogP contribution < -0.4 is 0 Å². The zero-order valence-electron chi connectivity index (χ0n) is 7.86. The van der Waals surface area contributed by atoms with Gasteiger partial charge in [-0.3, -0.25) is 0 Å². The third kappa shape index (κ3) is 2.56. The molecule has 1 nitrogen and oxygen atoms in total. The number of rotatable bonds is 2. The molecule has 0 aromatic heterocycles. The normalized spacial score (nSPS) is 10.1. The van der Waals surface area contributed by atoms with E-state index in [0.29, 0.717) is 11.8 Å². The Bertz CT molecular complexity index is 494. The molecule has 0 amide bonds. The van der Waals surface area contributed by atoms with Crippen LogP contribution in [0.3, 0.4) is 0 Å². The third-order valence-electron chi connectivity index (χ3n) is 1.68. The van der Waals surface area contributed by atoms with Crippen LogP contribution in [0.25, 0.3) is 0 Å². The summed E-state index contributed by atoms with van der Waals surface area (Å²) < 4.78 is 64.1. The van der Waals surface area contributed by atoms with Crippen LogP contribution in [0.5, 0.6) is 0 Å². The van der Waals surface area contributed by atoms with E-state index in [1.807, 2.05) is 0 Å². The van der Waals surface area contributed by atoms with E-state index in [4.69, 9.17) is 5.26 Å². The van der Waals surface area contributed by atoms with Crippen molar-refractivity contribution in [3.05, 3.63) is 34.6 Å². The molecule has 0 aliphatic rings. The van der Waals surface area contributed by atoms with Crippen molar-refractivity contribution in [2.24, 2.45) is 0 Å². The predicted molar refractivity (Wildman–Crippen MR) is 56.0 cm³/mol. The second-order valence-corrected chi connectivity index (χ2v) is 4.33. The summed E-state index contributed by atoms with van der Waals surface area (Å²) >= 11 is 5.02. The van der Waals surface area contributed by atoms with E-state index in [9.17, 15) is 22.0 Å². The molecule has 0 saturated heterocycles. The second kappa shape index (κ2) is 5.42. The molecule has 0 atom stereocenters. The Morgan fingerprint density at radius 2 is 1.41 bits per heavy atom. The largest absolute Gasteiger partial charge is 0.203 e. The highest BCUT2D eigenvalue weighted by Crippen LogP contribution is 2.26. The summed E-state index contributed by atoms with van der Waals surface area (Å²) in [6.07, 6.45) is 0. The average molecular weight is 283 g/mol. The van der Waals surface area contributed by atoms with Gasteiger partial charge in [0.05, 0.1) is 21.6 Å². The second-order valence-electron chi connectivity index (χ2n) is 2.68. The number of thioether (sulfide) groups is 1. The summed E-state index contributed by atoms with van der Waals surface area (Å²) in [6.45, 7) is 0. The SMILES string of the molecule is N#CCSC(=S)c1c(F)c(F)c(F)c(F)c1F. The van der Waals surface area contributed by atoms with Crippen LogP contribution in [0.15, 0.2) is 0 Å². The van der Waals surface area contributed by atoms with Crippen LogP contribution in [0.4, 0.5) is 22.0 Å². The zero-order valence-corrected chi connectivity index (χ0v) is 9.49. The highest BCUT2D eigenvalue weighted by atomic mass is 32.2. The molecular weight excluding hydrogens is 281 g/mol. The topological polar surface area (TPSA) is 23.8 Å². The first-order valence-electron chi connectivity index (χ1n) is 3.97. The number of hydrogen-bond acceptors (Lipinski definition) is 3. The van der Waals surface area contributed by atoms with Crippen molar-refractivity contribution in [2.75, 3.05) is 5.75 Å². The molecule has 0 fully saturated rings. The van der Waals surface area contributed by atoms with E-state index in [0.717, 1.165) is 0 Å². The molecule has 0 unspecified atom stereocenters. The monoisotopic (exact) mass is 283 g/mol. The van der Waals surface area contributed by atoms with Crippen LogP contribution in [0, 0.1) is 40.4 Å². The summed E-state index contributed by atoms with van der Waals surface area (Å²) in [4.78, 5) is 0. The maximum atomic E-state index is 13.2. The van der Waals surface area contributed by atoms with Crippen molar-refractivity contribution in [3.8, 4) is 6.07 Å². The maximum Gasteiger partial charge on any atom is 0.200 e. The minimum absolute atomic E-state index is 0.252. The molecule has 0 saturated carbocycles. The highest BCUT2D eigenvalue weighted by molar-refractivity contribution is 8.23. The van der Waals surface area contributed by atoms with E-state index in [1.54, 1.807) is 6.07 Å². The number of benzene rings is 1. The fourth-order valence-corrected chi connectivity index (χ4v) is 1.83. The number of hydrogen-bond donors (Lipinski definition) is 0. The lowest BCUT2D eigenvalue weighted by Crippen LogP contribution is -2.10. The molecule has 1 aromatic carbocycles. The number of halogens is 5. The lowest BCUT2D eigenvalue weighted by molar-refractivity contribution is 0.377. The summed E-state index contributed by atoms with van der Waals surface area (Å²) in [6, 6.07) is 1.62. The van der Waals surface area contributed by atoms with E-state index >= 15 is 0 Å². The van der Waals surface area contributed by atoms with Gasteiger partial charge in [-0.25, -0.2) is 22.0 Å². The Balaban J connectivity index is 3.35. The van der Waals surface area contributed by atoms with E-state index in [2.05, 4.69) is 12.2 Å². The van der Waals surface area contributed by atoms with Gasteiger partial charge < -0.3 is 0 Å². The number of nitriles is 1. The number of nitrogens with zero attached hydrogens (tertiary/aromatic N) is 1. The molecule has 17 heavy (non-hydrogen) atoms. The molecule has 0 N–H and O–H groups in total. The first kappa shape index (κ1) is 13.9. The molecular formula is C9H2F5NS2. The van der Waals surface area contributed by atoms with Crippen LogP contribution in [-0.4, -0.2) is 9.95 Å². The summed E-state index contributed by atoms with van der Waals surface area (Å²) in [7, 11) is 0. The molecule has 8 heteroatoms. The fourth-order valence-electron chi connectivity index (χ4n) is 0.954. The Labute approximate surface area is 102 Å². The Morgan fingerprint density at radius 3 is 1.82 bits per heavy atom. The highest BCUT2D eigenvalue weighted by Gasteiger charge is 2.27. The summed E-state index contributed by atoms with van der Waals surface area (Å²) in [5, 5.41) is 8.23. The third-order valence-corrected chi connectivity index (χ3v) is 2.98. The average Bonchev–Trinajstić information content (AvgIpc) is 2.31. The van der Waals surface area contributed by atoms with Gasteiger partial charge in [-0.05, 0) is 0 Å². The maximum absolute atomic E-state index is 13.2. The Hall–Kier alpha value is -1.20. The number of thiocarbonyl (C=S) groups is 1. The van der Waals surface area contributed by atoms with E-state index in [1.165, 1.54) is 0 Å². The minimum Gasteiger partial charge on any atom is -0.203 e. The molecule has 0 spiro atoms. The van der Waals surface area contributed by atoms with E-state index in [-0.39, 0.29) is 5.75 Å². The van der Waals surface area contributed by atoms with Gasteiger partial charge in [0.1, 0.15) is 0 Å². The van der Waals surface area contributed by atoms with Gasteiger partial charge in [-0.15, -0.1) is 0 Å². The molecule has 0 heterocycles. The van der Waals surface area contributed by atoms with Gasteiger partial charge in [-0.1, -0.05) is 24.0 Å². The van der Waals surface area contributed by atoms with Crippen molar-refractivity contribution in [1.29, 1.82) is 5.26 Å². The molecule has 0 bridgehead atoms. The van der Waals surface area contributed by atoms with Gasteiger partial charge in [-0.2, -0.15) is 5.26 Å². The van der Waals surface area contributed by atoms with Crippen molar-refractivity contribution < 1.29 is 22.0 Å². The van der Waals surface area contributed by atoms with E-state index < -0.39 is 38.8 Å². The van der Waals surface area contributed by atoms with Gasteiger partial charge in [0.25, 0.3) is 0 Å². The molecule has 0 radical (unpaired) electrons. The van der Waals surface area contributed by atoms with Crippen molar-refractivity contribution in [3.63, 3.8) is 0 Å². The van der Waals surface area contributed by atoms with Gasteiger partial charge in [0.15, 0.2) is 23.3 Å². The predicted octanol–water partition coefficient (Wildman–Crippen LogP) is 3.31. The van der Waals surface area contributed by atoms with Gasteiger partial charge in [0, 0.05) is 0 Å². The molecule has 90 valence electrons. The lowest BCUT2D eigenvalue weighted by atomic mass is 10.2. The van der Waals surface area contributed by atoms with Crippen LogP contribution in [-0.2, 0) is 0 Å². The smallest absolute Gasteiger partial charge is 0.200 e. The fraction of sp³-hybridized carbons (Fsp3) is 0.111. The Kier molecular flexibility index (Phi) is 4.42. The molecule has 1 aromatic rings. The first-order valence-corrected chi connectivity index (χ1v) is 5.36. The molecule has 0 aliphatic carbocycles. The van der Waals surface area contributed by atoms with Crippen LogP contribution >= 0.6 is 24.0 Å². The van der Waals surface area contributed by atoms with Gasteiger partial charge in [0.2, 0.25) is 5.82 Å². The first-order chi connectivity index (χ1) is 7.91.